The number of aromatic nitrogens is 2. The van der Waals surface area contributed by atoms with Crippen molar-refractivity contribution < 1.29 is 4.79 Å². The van der Waals surface area contributed by atoms with Gasteiger partial charge < -0.3 is 5.32 Å². The van der Waals surface area contributed by atoms with E-state index < -0.39 is 0 Å². The van der Waals surface area contributed by atoms with Crippen LogP contribution in [0, 0.1) is 0 Å². The van der Waals surface area contributed by atoms with Crippen LogP contribution in [0.5, 0.6) is 0 Å². The Morgan fingerprint density at radius 2 is 1.71 bits per heavy atom. The first-order chi connectivity index (χ1) is 10.2. The van der Waals surface area contributed by atoms with Gasteiger partial charge in [0.1, 0.15) is 0 Å². The monoisotopic (exact) mass is 341 g/mol. The van der Waals surface area contributed by atoms with Gasteiger partial charge in [-0.3, -0.25) is 9.89 Å². The molecule has 1 aromatic heterocycles. The molecular formula is C16H12BrN3O. The minimum atomic E-state index is -0.128. The molecule has 5 heteroatoms. The highest BCUT2D eigenvalue weighted by atomic mass is 79.9. The normalized spacial score (nSPS) is 10.3. The molecule has 0 radical (unpaired) electrons. The van der Waals surface area contributed by atoms with Crippen LogP contribution in [-0.4, -0.2) is 16.1 Å². The molecule has 0 spiro atoms. The fraction of sp³-hybridized carbons (Fsp3) is 0. The lowest BCUT2D eigenvalue weighted by Crippen LogP contribution is -2.11. The number of benzene rings is 2. The average Bonchev–Trinajstić information content (AvgIpc) is 3.03. The Balaban J connectivity index is 1.73. The molecule has 0 bridgehead atoms. The summed E-state index contributed by atoms with van der Waals surface area (Å²) in [6, 6.07) is 16.7. The number of anilines is 1. The number of aromatic amines is 1. The topological polar surface area (TPSA) is 57.8 Å². The predicted molar refractivity (Wildman–Crippen MR) is 86.1 cm³/mol. The number of nitrogens with zero attached hydrogens (tertiary/aromatic N) is 1. The Bertz CT molecular complexity index is 734. The summed E-state index contributed by atoms with van der Waals surface area (Å²) in [6.45, 7) is 0. The molecule has 0 fully saturated rings. The Hall–Kier alpha value is -2.40. The Morgan fingerprint density at radius 3 is 2.33 bits per heavy atom. The van der Waals surface area contributed by atoms with Crippen molar-refractivity contribution in [2.24, 2.45) is 0 Å². The maximum Gasteiger partial charge on any atom is 0.255 e. The molecule has 0 aliphatic carbocycles. The molecule has 21 heavy (non-hydrogen) atoms. The zero-order valence-corrected chi connectivity index (χ0v) is 12.6. The van der Waals surface area contributed by atoms with Crippen LogP contribution in [-0.2, 0) is 0 Å². The summed E-state index contributed by atoms with van der Waals surface area (Å²) in [5, 5.41) is 9.69. The van der Waals surface area contributed by atoms with Gasteiger partial charge in [0.2, 0.25) is 0 Å². The molecule has 0 aliphatic rings. The second kappa shape index (κ2) is 5.93. The van der Waals surface area contributed by atoms with Crippen LogP contribution in [0.25, 0.3) is 11.3 Å². The fourth-order valence-electron chi connectivity index (χ4n) is 1.95. The zero-order chi connectivity index (χ0) is 14.7. The lowest BCUT2D eigenvalue weighted by molar-refractivity contribution is 0.102. The molecule has 3 rings (SSSR count). The Labute approximate surface area is 130 Å². The number of carbonyl (C=O) groups excluding carboxylic acids is 1. The average molecular weight is 342 g/mol. The number of H-pyrrole nitrogens is 1. The van der Waals surface area contributed by atoms with Crippen LogP contribution in [0.1, 0.15) is 10.4 Å². The third kappa shape index (κ3) is 3.20. The van der Waals surface area contributed by atoms with Crippen molar-refractivity contribution in [3.63, 3.8) is 0 Å². The van der Waals surface area contributed by atoms with E-state index in [0.29, 0.717) is 5.56 Å². The largest absolute Gasteiger partial charge is 0.322 e. The van der Waals surface area contributed by atoms with Crippen molar-refractivity contribution in [1.82, 2.24) is 10.2 Å². The predicted octanol–water partition coefficient (Wildman–Crippen LogP) is 4.09. The molecule has 0 atom stereocenters. The van der Waals surface area contributed by atoms with E-state index in [-0.39, 0.29) is 5.91 Å². The molecule has 3 aromatic rings. The number of nitrogens with one attached hydrogen (secondary N) is 2. The lowest BCUT2D eigenvalue weighted by Gasteiger charge is -2.06. The van der Waals surface area contributed by atoms with Gasteiger partial charge in [-0.25, -0.2) is 0 Å². The van der Waals surface area contributed by atoms with Crippen molar-refractivity contribution >= 4 is 27.5 Å². The Kier molecular flexibility index (Phi) is 3.83. The standard InChI is InChI=1S/C16H12BrN3O/c17-13-5-1-12(2-6-13)16(21)19-14-7-3-11(4-8-14)15-9-10-18-20-15/h1-10H,(H,18,20)(H,19,21). The van der Waals surface area contributed by atoms with E-state index in [0.717, 1.165) is 21.4 Å². The highest BCUT2D eigenvalue weighted by molar-refractivity contribution is 9.10. The van der Waals surface area contributed by atoms with Crippen molar-refractivity contribution in [3.05, 3.63) is 70.8 Å². The lowest BCUT2D eigenvalue weighted by atomic mass is 10.1. The third-order valence-corrected chi connectivity index (χ3v) is 3.59. The van der Waals surface area contributed by atoms with E-state index >= 15 is 0 Å². The molecule has 2 N–H and O–H groups in total. The van der Waals surface area contributed by atoms with E-state index in [1.165, 1.54) is 0 Å². The fourth-order valence-corrected chi connectivity index (χ4v) is 2.22. The van der Waals surface area contributed by atoms with Crippen molar-refractivity contribution in [3.8, 4) is 11.3 Å². The molecule has 1 amide bonds. The number of halogens is 1. The maximum absolute atomic E-state index is 12.1. The smallest absolute Gasteiger partial charge is 0.255 e. The van der Waals surface area contributed by atoms with E-state index in [4.69, 9.17) is 0 Å². The third-order valence-electron chi connectivity index (χ3n) is 3.06. The van der Waals surface area contributed by atoms with Gasteiger partial charge in [-0.15, -0.1) is 0 Å². The second-order valence-corrected chi connectivity index (χ2v) is 5.42. The SMILES string of the molecule is O=C(Nc1ccc(-c2ccn[nH]2)cc1)c1ccc(Br)cc1. The highest BCUT2D eigenvalue weighted by Crippen LogP contribution is 2.19. The van der Waals surface area contributed by atoms with Gasteiger partial charge in [-0.05, 0) is 48.0 Å². The number of hydrogen-bond acceptors (Lipinski definition) is 2. The summed E-state index contributed by atoms with van der Waals surface area (Å²) >= 11 is 3.35. The van der Waals surface area contributed by atoms with Gasteiger partial charge in [0, 0.05) is 21.9 Å². The van der Waals surface area contributed by atoms with E-state index in [2.05, 4.69) is 31.4 Å². The minimum absolute atomic E-state index is 0.128. The van der Waals surface area contributed by atoms with E-state index in [9.17, 15) is 4.79 Å². The summed E-state index contributed by atoms with van der Waals surface area (Å²) in [6.07, 6.45) is 1.71. The first kappa shape index (κ1) is 13.6. The summed E-state index contributed by atoms with van der Waals surface area (Å²) in [5.74, 6) is -0.128. The van der Waals surface area contributed by atoms with Crippen LogP contribution in [0.15, 0.2) is 65.3 Å². The second-order valence-electron chi connectivity index (χ2n) is 4.51. The van der Waals surface area contributed by atoms with Gasteiger partial charge >= 0.3 is 0 Å². The zero-order valence-electron chi connectivity index (χ0n) is 11.0. The first-order valence-corrected chi connectivity index (χ1v) is 7.18. The highest BCUT2D eigenvalue weighted by Gasteiger charge is 2.06. The molecule has 4 nitrogen and oxygen atoms in total. The first-order valence-electron chi connectivity index (χ1n) is 6.39. The molecular weight excluding hydrogens is 330 g/mol. The van der Waals surface area contributed by atoms with Gasteiger partial charge in [-0.2, -0.15) is 5.10 Å². The summed E-state index contributed by atoms with van der Waals surface area (Å²) in [4.78, 5) is 12.1. The summed E-state index contributed by atoms with van der Waals surface area (Å²) < 4.78 is 0.947. The Morgan fingerprint density at radius 1 is 1.00 bits per heavy atom. The van der Waals surface area contributed by atoms with Crippen LogP contribution >= 0.6 is 15.9 Å². The number of rotatable bonds is 3. The molecule has 0 saturated carbocycles. The van der Waals surface area contributed by atoms with Crippen molar-refractivity contribution in [1.29, 1.82) is 0 Å². The van der Waals surface area contributed by atoms with Gasteiger partial charge in [0.25, 0.3) is 5.91 Å². The van der Waals surface area contributed by atoms with Gasteiger partial charge in [0.05, 0.1) is 5.69 Å². The van der Waals surface area contributed by atoms with Gasteiger partial charge in [0.15, 0.2) is 0 Å². The number of amides is 1. The molecule has 0 unspecified atom stereocenters. The quantitative estimate of drug-likeness (QED) is 0.753. The van der Waals surface area contributed by atoms with Crippen LogP contribution in [0.2, 0.25) is 0 Å². The molecule has 0 aliphatic heterocycles. The molecule has 0 saturated heterocycles. The van der Waals surface area contributed by atoms with Crippen molar-refractivity contribution in [2.45, 2.75) is 0 Å². The van der Waals surface area contributed by atoms with E-state index in [1.54, 1.807) is 18.3 Å². The summed E-state index contributed by atoms with van der Waals surface area (Å²) in [5.41, 5.74) is 3.34. The molecule has 2 aromatic carbocycles. The van der Waals surface area contributed by atoms with Crippen LogP contribution < -0.4 is 5.32 Å². The molecule has 1 heterocycles. The van der Waals surface area contributed by atoms with Crippen LogP contribution in [0.4, 0.5) is 5.69 Å². The van der Waals surface area contributed by atoms with Crippen LogP contribution in [0.3, 0.4) is 0 Å². The maximum atomic E-state index is 12.1. The number of carbonyl (C=O) groups is 1. The van der Waals surface area contributed by atoms with Crippen molar-refractivity contribution in [2.75, 3.05) is 5.32 Å². The summed E-state index contributed by atoms with van der Waals surface area (Å²) in [7, 11) is 0. The van der Waals surface area contributed by atoms with E-state index in [1.807, 2.05) is 42.5 Å². The number of hydrogen-bond donors (Lipinski definition) is 2. The minimum Gasteiger partial charge on any atom is -0.322 e. The van der Waals surface area contributed by atoms with Gasteiger partial charge in [-0.1, -0.05) is 28.1 Å². The molecule has 104 valence electrons.